The second kappa shape index (κ2) is 4.16. The van der Waals surface area contributed by atoms with E-state index < -0.39 is 0 Å². The monoisotopic (exact) mass is 152 g/mol. The van der Waals surface area contributed by atoms with Gasteiger partial charge in [0.25, 0.3) is 0 Å². The molecule has 1 aromatic heterocycles. The van der Waals surface area contributed by atoms with Gasteiger partial charge in [0.05, 0.1) is 6.20 Å². The lowest BCUT2D eigenvalue weighted by Crippen LogP contribution is -1.79. The van der Waals surface area contributed by atoms with E-state index in [4.69, 9.17) is 4.42 Å². The Hall–Kier alpha value is -0.790. The van der Waals surface area contributed by atoms with Gasteiger partial charge in [-0.25, -0.2) is 4.98 Å². The van der Waals surface area contributed by atoms with Gasteiger partial charge in [0.1, 0.15) is 5.76 Å². The predicted molar refractivity (Wildman–Crippen MR) is 44.2 cm³/mol. The highest BCUT2D eigenvalue weighted by molar-refractivity contribution is 4.94. The van der Waals surface area contributed by atoms with Crippen molar-refractivity contribution in [3.8, 4) is 0 Å². The van der Waals surface area contributed by atoms with Crippen LogP contribution in [0.1, 0.15) is 31.4 Å². The fourth-order valence-corrected chi connectivity index (χ4v) is 0.930. The number of unbranched alkanes of at least 4 members (excludes halogenated alkanes) is 1. The average Bonchev–Trinajstić information content (AvgIpc) is 2.48. The van der Waals surface area contributed by atoms with Crippen LogP contribution in [0.3, 0.4) is 0 Å². The third kappa shape index (κ3) is 2.37. The Bertz CT molecular complexity index is 205. The van der Waals surface area contributed by atoms with Crippen LogP contribution in [0.15, 0.2) is 10.6 Å². The van der Waals surface area contributed by atoms with Crippen molar-refractivity contribution >= 4 is 0 Å². The van der Waals surface area contributed by atoms with Gasteiger partial charge in [0.15, 0.2) is 5.89 Å². The first-order valence-electron chi connectivity index (χ1n) is 4.09. The normalized spacial score (nSPS) is 10.4. The summed E-state index contributed by atoms with van der Waals surface area (Å²) in [6, 6.07) is 0. The molecule has 1 rings (SSSR count). The van der Waals surface area contributed by atoms with Gasteiger partial charge < -0.3 is 4.42 Å². The molecule has 0 N–H and O–H groups in total. The van der Waals surface area contributed by atoms with Gasteiger partial charge in [-0.15, -0.1) is 0 Å². The van der Waals surface area contributed by atoms with Gasteiger partial charge in [0.2, 0.25) is 0 Å². The third-order valence-electron chi connectivity index (χ3n) is 1.59. The maximum Gasteiger partial charge on any atom is 0.194 e. The number of aromatic nitrogens is 1. The first kappa shape index (κ1) is 8.31. The van der Waals surface area contributed by atoms with Crippen LogP contribution < -0.4 is 0 Å². The minimum atomic E-state index is 0.645. The lowest BCUT2D eigenvalue weighted by Gasteiger charge is -1.90. The first-order chi connectivity index (χ1) is 5.36. The molecule has 0 amide bonds. The smallest absolute Gasteiger partial charge is 0.194 e. The van der Waals surface area contributed by atoms with Crippen molar-refractivity contribution in [3.05, 3.63) is 24.8 Å². The molecule has 1 radical (unpaired) electrons. The second-order valence-corrected chi connectivity index (χ2v) is 2.57. The minimum absolute atomic E-state index is 0.645. The van der Waals surface area contributed by atoms with Crippen molar-refractivity contribution in [1.82, 2.24) is 4.98 Å². The van der Waals surface area contributed by atoms with E-state index in [1.54, 1.807) is 6.20 Å². The molecule has 1 aromatic rings. The molecule has 0 aromatic carbocycles. The summed E-state index contributed by atoms with van der Waals surface area (Å²) >= 11 is 0. The first-order valence-corrected chi connectivity index (χ1v) is 4.09. The summed E-state index contributed by atoms with van der Waals surface area (Å²) in [5.74, 6) is 1.74. The van der Waals surface area contributed by atoms with E-state index in [9.17, 15) is 0 Å². The quantitative estimate of drug-likeness (QED) is 0.662. The van der Waals surface area contributed by atoms with Crippen molar-refractivity contribution in [1.29, 1.82) is 0 Å². The Labute approximate surface area is 67.6 Å². The Morgan fingerprint density at radius 3 is 3.00 bits per heavy atom. The van der Waals surface area contributed by atoms with Crippen LogP contribution in [0.5, 0.6) is 0 Å². The van der Waals surface area contributed by atoms with E-state index in [1.807, 2.05) is 0 Å². The summed E-state index contributed by atoms with van der Waals surface area (Å²) < 4.78 is 5.36. The third-order valence-corrected chi connectivity index (χ3v) is 1.59. The van der Waals surface area contributed by atoms with Crippen LogP contribution in [0.2, 0.25) is 0 Å². The predicted octanol–water partition coefficient (Wildman–Crippen LogP) is 2.39. The van der Waals surface area contributed by atoms with Crippen LogP contribution in [0, 0.1) is 6.92 Å². The Morgan fingerprint density at radius 2 is 2.45 bits per heavy atom. The van der Waals surface area contributed by atoms with Crippen LogP contribution in [-0.2, 0) is 12.8 Å². The van der Waals surface area contributed by atoms with Gasteiger partial charge in [0, 0.05) is 12.8 Å². The standard InChI is InChI=1S/C9H14NO/c1-3-5-6-8-7-10-9(4-2)11-8/h7H,2-6H2,1H3. The molecule has 61 valence electrons. The molecule has 1 heterocycles. The molecular weight excluding hydrogens is 138 g/mol. The van der Waals surface area contributed by atoms with Gasteiger partial charge >= 0.3 is 0 Å². The molecule has 0 unspecified atom stereocenters. The summed E-state index contributed by atoms with van der Waals surface area (Å²) in [7, 11) is 0. The number of aryl methyl sites for hydroxylation is 1. The molecule has 0 bridgehead atoms. The summed E-state index contributed by atoms with van der Waals surface area (Å²) in [6.07, 6.45) is 5.82. The topological polar surface area (TPSA) is 26.0 Å². The van der Waals surface area contributed by atoms with E-state index in [2.05, 4.69) is 18.8 Å². The summed E-state index contributed by atoms with van der Waals surface area (Å²) in [5.41, 5.74) is 0. The van der Waals surface area contributed by atoms with Crippen LogP contribution in [-0.4, -0.2) is 4.98 Å². The largest absolute Gasteiger partial charge is 0.446 e. The molecular formula is C9H14NO. The van der Waals surface area contributed by atoms with E-state index in [1.165, 1.54) is 12.8 Å². The fraction of sp³-hybridized carbons (Fsp3) is 0.556. The van der Waals surface area contributed by atoms with Gasteiger partial charge in [-0.2, -0.15) is 0 Å². The Morgan fingerprint density at radius 1 is 1.64 bits per heavy atom. The highest BCUT2D eigenvalue weighted by Crippen LogP contribution is 2.07. The molecule has 0 spiro atoms. The fourth-order valence-electron chi connectivity index (χ4n) is 0.930. The van der Waals surface area contributed by atoms with Crippen LogP contribution in [0.4, 0.5) is 0 Å². The number of oxazole rings is 1. The number of hydrogen-bond acceptors (Lipinski definition) is 2. The highest BCUT2D eigenvalue weighted by Gasteiger charge is 1.99. The number of nitrogens with zero attached hydrogens (tertiary/aromatic N) is 1. The molecule has 11 heavy (non-hydrogen) atoms. The highest BCUT2D eigenvalue weighted by atomic mass is 16.4. The van der Waals surface area contributed by atoms with Crippen molar-refractivity contribution in [3.63, 3.8) is 0 Å². The summed E-state index contributed by atoms with van der Waals surface area (Å²) in [4.78, 5) is 4.06. The lowest BCUT2D eigenvalue weighted by atomic mass is 10.2. The Balaban J connectivity index is 2.44. The number of hydrogen-bond donors (Lipinski definition) is 0. The van der Waals surface area contributed by atoms with Crippen molar-refractivity contribution in [2.75, 3.05) is 0 Å². The van der Waals surface area contributed by atoms with E-state index in [0.29, 0.717) is 6.42 Å². The molecule has 0 aliphatic carbocycles. The van der Waals surface area contributed by atoms with E-state index >= 15 is 0 Å². The summed E-state index contributed by atoms with van der Waals surface area (Å²) in [6.45, 7) is 5.86. The van der Waals surface area contributed by atoms with E-state index in [-0.39, 0.29) is 0 Å². The average molecular weight is 152 g/mol. The molecule has 0 fully saturated rings. The lowest BCUT2D eigenvalue weighted by molar-refractivity contribution is 0.459. The molecule has 0 aliphatic rings. The molecule has 2 nitrogen and oxygen atoms in total. The van der Waals surface area contributed by atoms with Crippen LogP contribution in [0.25, 0.3) is 0 Å². The van der Waals surface area contributed by atoms with Crippen molar-refractivity contribution < 1.29 is 4.42 Å². The van der Waals surface area contributed by atoms with Gasteiger partial charge in [-0.05, 0) is 13.3 Å². The van der Waals surface area contributed by atoms with Gasteiger partial charge in [-0.1, -0.05) is 13.3 Å². The molecule has 0 atom stereocenters. The molecule has 2 heteroatoms. The molecule has 0 saturated carbocycles. The SMILES string of the molecule is [CH2]Cc1ncc(CCCC)o1. The van der Waals surface area contributed by atoms with Gasteiger partial charge in [-0.3, -0.25) is 0 Å². The molecule has 0 saturated heterocycles. The van der Waals surface area contributed by atoms with Crippen LogP contribution >= 0.6 is 0 Å². The zero-order valence-electron chi connectivity index (χ0n) is 6.97. The zero-order valence-corrected chi connectivity index (χ0v) is 6.97. The summed E-state index contributed by atoms with van der Waals surface area (Å²) in [5, 5.41) is 0. The zero-order chi connectivity index (χ0) is 8.10. The molecule has 0 aliphatic heterocycles. The second-order valence-electron chi connectivity index (χ2n) is 2.57. The number of rotatable bonds is 4. The minimum Gasteiger partial charge on any atom is -0.446 e. The van der Waals surface area contributed by atoms with E-state index in [0.717, 1.165) is 18.1 Å². The Kier molecular flexibility index (Phi) is 3.14. The van der Waals surface area contributed by atoms with Crippen molar-refractivity contribution in [2.45, 2.75) is 32.6 Å². The maximum absolute atomic E-state index is 5.36. The maximum atomic E-state index is 5.36. The van der Waals surface area contributed by atoms with Crippen molar-refractivity contribution in [2.24, 2.45) is 0 Å².